The molecule has 7 heteroatoms. The average Bonchev–Trinajstić information content (AvgIpc) is 3.29. The first-order valence-electron chi connectivity index (χ1n) is 10.8. The Morgan fingerprint density at radius 2 is 1.81 bits per heavy atom. The minimum absolute atomic E-state index is 0.0709. The van der Waals surface area contributed by atoms with E-state index in [1.165, 1.54) is 4.90 Å². The van der Waals surface area contributed by atoms with Gasteiger partial charge in [0.1, 0.15) is 0 Å². The minimum atomic E-state index is -0.880. The van der Waals surface area contributed by atoms with Crippen molar-refractivity contribution in [2.75, 3.05) is 20.8 Å². The van der Waals surface area contributed by atoms with Crippen LogP contribution in [-0.4, -0.2) is 43.4 Å². The molecule has 0 unspecified atom stereocenters. The minimum Gasteiger partial charge on any atom is -0.493 e. The summed E-state index contributed by atoms with van der Waals surface area (Å²) in [6, 6.07) is 13.1. The zero-order valence-corrected chi connectivity index (χ0v) is 18.6. The lowest BCUT2D eigenvalue weighted by Crippen LogP contribution is -2.39. The summed E-state index contributed by atoms with van der Waals surface area (Å²) in [5.41, 5.74) is 2.07. The molecule has 168 valence electrons. The van der Waals surface area contributed by atoms with Crippen LogP contribution in [-0.2, 0) is 26.2 Å². The summed E-state index contributed by atoms with van der Waals surface area (Å²) < 4.78 is 10.8. The standard InChI is InChI=1S/C25H28N2O5/c1-25(17-7-5-4-6-8-17)15-23(29)27(24(25)30)12-11-22(28)26-19-10-9-16-13-20(31-2)21(32-3)14-18(16)19/h4-8,13-14,19H,9-12,15H2,1-3H3,(H,26,28)/t19-,25+/m1/s1. The predicted molar refractivity (Wildman–Crippen MR) is 118 cm³/mol. The van der Waals surface area contributed by atoms with Gasteiger partial charge >= 0.3 is 0 Å². The molecule has 1 heterocycles. The van der Waals surface area contributed by atoms with Crippen molar-refractivity contribution >= 4 is 17.7 Å². The molecular formula is C25H28N2O5. The van der Waals surface area contributed by atoms with Gasteiger partial charge in [-0.05, 0) is 48.6 Å². The van der Waals surface area contributed by atoms with Crippen LogP contribution in [0.5, 0.6) is 11.5 Å². The van der Waals surface area contributed by atoms with Gasteiger partial charge in [-0.1, -0.05) is 30.3 Å². The molecule has 4 rings (SSSR count). The summed E-state index contributed by atoms with van der Waals surface area (Å²) in [7, 11) is 3.18. The number of benzene rings is 2. The number of imide groups is 1. The van der Waals surface area contributed by atoms with E-state index in [1.807, 2.05) is 42.5 Å². The molecule has 2 aromatic rings. The number of aryl methyl sites for hydroxylation is 1. The summed E-state index contributed by atoms with van der Waals surface area (Å²) in [5, 5.41) is 3.05. The van der Waals surface area contributed by atoms with Gasteiger partial charge in [-0.25, -0.2) is 0 Å². The Labute approximate surface area is 187 Å². The highest BCUT2D eigenvalue weighted by atomic mass is 16.5. The molecule has 1 aliphatic carbocycles. The van der Waals surface area contributed by atoms with E-state index in [0.29, 0.717) is 11.5 Å². The Morgan fingerprint density at radius 1 is 1.12 bits per heavy atom. The molecule has 1 fully saturated rings. The number of likely N-dealkylation sites (tertiary alicyclic amines) is 1. The van der Waals surface area contributed by atoms with E-state index in [1.54, 1.807) is 21.1 Å². The molecule has 0 radical (unpaired) electrons. The molecule has 7 nitrogen and oxygen atoms in total. The van der Waals surface area contributed by atoms with E-state index in [9.17, 15) is 14.4 Å². The fourth-order valence-electron chi connectivity index (χ4n) is 4.71. The summed E-state index contributed by atoms with van der Waals surface area (Å²) in [4.78, 5) is 39.5. The van der Waals surface area contributed by atoms with E-state index in [0.717, 1.165) is 29.5 Å². The van der Waals surface area contributed by atoms with Crippen molar-refractivity contribution in [3.05, 3.63) is 59.2 Å². The number of ether oxygens (including phenoxy) is 2. The smallest absolute Gasteiger partial charge is 0.240 e. The molecule has 1 N–H and O–H groups in total. The van der Waals surface area contributed by atoms with Crippen LogP contribution < -0.4 is 14.8 Å². The molecule has 2 aromatic carbocycles. The van der Waals surface area contributed by atoms with Gasteiger partial charge in [0.25, 0.3) is 0 Å². The SMILES string of the molecule is COc1cc2c(cc1OC)[C@H](NC(=O)CCN1C(=O)C[C@@](C)(c3ccccc3)C1=O)CC2. The molecule has 0 saturated carbocycles. The second-order valence-electron chi connectivity index (χ2n) is 8.54. The largest absolute Gasteiger partial charge is 0.493 e. The van der Waals surface area contributed by atoms with Crippen molar-refractivity contribution in [1.29, 1.82) is 0 Å². The number of nitrogens with one attached hydrogen (secondary N) is 1. The van der Waals surface area contributed by atoms with Crippen molar-refractivity contribution in [2.45, 2.75) is 44.1 Å². The molecule has 3 amide bonds. The summed E-state index contributed by atoms with van der Waals surface area (Å²) >= 11 is 0. The second kappa shape index (κ2) is 8.65. The van der Waals surface area contributed by atoms with Gasteiger partial charge in [-0.15, -0.1) is 0 Å². The molecule has 1 aliphatic heterocycles. The number of amides is 3. The molecule has 2 atom stereocenters. The number of carbonyl (C=O) groups is 3. The molecule has 32 heavy (non-hydrogen) atoms. The normalized spacial score (nSPS) is 22.1. The predicted octanol–water partition coefficient (Wildman–Crippen LogP) is 2.91. The quantitative estimate of drug-likeness (QED) is 0.675. The van der Waals surface area contributed by atoms with Crippen LogP contribution >= 0.6 is 0 Å². The highest BCUT2D eigenvalue weighted by Gasteiger charge is 2.49. The van der Waals surface area contributed by atoms with Crippen LogP contribution in [0.2, 0.25) is 0 Å². The van der Waals surface area contributed by atoms with Crippen LogP contribution in [0.25, 0.3) is 0 Å². The molecule has 0 aromatic heterocycles. The molecule has 0 spiro atoms. The van der Waals surface area contributed by atoms with Crippen LogP contribution in [0.4, 0.5) is 0 Å². The van der Waals surface area contributed by atoms with E-state index in [2.05, 4.69) is 5.32 Å². The highest BCUT2D eigenvalue weighted by Crippen LogP contribution is 2.39. The Bertz CT molecular complexity index is 1050. The first-order chi connectivity index (χ1) is 15.4. The van der Waals surface area contributed by atoms with E-state index in [4.69, 9.17) is 9.47 Å². The first-order valence-corrected chi connectivity index (χ1v) is 10.8. The number of nitrogens with zero attached hydrogens (tertiary/aromatic N) is 1. The number of methoxy groups -OCH3 is 2. The van der Waals surface area contributed by atoms with Crippen molar-refractivity contribution in [3.8, 4) is 11.5 Å². The van der Waals surface area contributed by atoms with Gasteiger partial charge in [-0.2, -0.15) is 0 Å². The fourth-order valence-corrected chi connectivity index (χ4v) is 4.71. The summed E-state index contributed by atoms with van der Waals surface area (Å²) in [6.07, 6.45) is 1.81. The third-order valence-electron chi connectivity index (χ3n) is 6.55. The zero-order valence-electron chi connectivity index (χ0n) is 18.6. The first kappa shape index (κ1) is 21.9. The molecule has 0 bridgehead atoms. The molecule has 2 aliphatic rings. The third-order valence-corrected chi connectivity index (χ3v) is 6.55. The second-order valence-corrected chi connectivity index (χ2v) is 8.54. The van der Waals surface area contributed by atoms with Gasteiger partial charge in [0, 0.05) is 19.4 Å². The van der Waals surface area contributed by atoms with E-state index in [-0.39, 0.29) is 43.1 Å². The third kappa shape index (κ3) is 3.83. The Morgan fingerprint density at radius 3 is 2.50 bits per heavy atom. The van der Waals surface area contributed by atoms with E-state index >= 15 is 0 Å². The Balaban J connectivity index is 1.39. The molecule has 1 saturated heterocycles. The average molecular weight is 437 g/mol. The molecular weight excluding hydrogens is 408 g/mol. The lowest BCUT2D eigenvalue weighted by molar-refractivity contribution is -0.140. The van der Waals surface area contributed by atoms with Gasteiger partial charge in [0.05, 0.1) is 25.7 Å². The van der Waals surface area contributed by atoms with Crippen LogP contribution in [0.1, 0.15) is 48.9 Å². The van der Waals surface area contributed by atoms with Crippen LogP contribution in [0.3, 0.4) is 0 Å². The maximum absolute atomic E-state index is 13.0. The number of hydrogen-bond acceptors (Lipinski definition) is 5. The lowest BCUT2D eigenvalue weighted by atomic mass is 9.81. The zero-order chi connectivity index (χ0) is 22.9. The number of fused-ring (bicyclic) bond motifs is 1. The fraction of sp³-hybridized carbons (Fsp3) is 0.400. The van der Waals surface area contributed by atoms with Crippen LogP contribution in [0.15, 0.2) is 42.5 Å². The Hall–Kier alpha value is -3.35. The van der Waals surface area contributed by atoms with Crippen molar-refractivity contribution in [2.24, 2.45) is 0 Å². The topological polar surface area (TPSA) is 84.9 Å². The number of rotatable bonds is 7. The van der Waals surface area contributed by atoms with Crippen molar-refractivity contribution in [1.82, 2.24) is 10.2 Å². The summed E-state index contributed by atoms with van der Waals surface area (Å²) in [6.45, 7) is 1.87. The summed E-state index contributed by atoms with van der Waals surface area (Å²) in [5.74, 6) is 0.625. The maximum atomic E-state index is 13.0. The monoisotopic (exact) mass is 436 g/mol. The van der Waals surface area contributed by atoms with Gasteiger partial charge in [-0.3, -0.25) is 19.3 Å². The van der Waals surface area contributed by atoms with Gasteiger partial charge < -0.3 is 14.8 Å². The van der Waals surface area contributed by atoms with Crippen LogP contribution in [0, 0.1) is 0 Å². The lowest BCUT2D eigenvalue weighted by Gasteiger charge is -2.23. The van der Waals surface area contributed by atoms with E-state index < -0.39 is 5.41 Å². The maximum Gasteiger partial charge on any atom is 0.240 e. The number of carbonyl (C=O) groups excluding carboxylic acids is 3. The number of hydrogen-bond donors (Lipinski definition) is 1. The Kier molecular flexibility index (Phi) is 5.91. The van der Waals surface area contributed by atoms with Gasteiger partial charge in [0.2, 0.25) is 17.7 Å². The van der Waals surface area contributed by atoms with Crippen molar-refractivity contribution < 1.29 is 23.9 Å². The highest BCUT2D eigenvalue weighted by molar-refractivity contribution is 6.09. The van der Waals surface area contributed by atoms with Gasteiger partial charge in [0.15, 0.2) is 11.5 Å². The van der Waals surface area contributed by atoms with Crippen molar-refractivity contribution in [3.63, 3.8) is 0 Å².